The number of hydrogen-bond acceptors (Lipinski definition) is 5. The van der Waals surface area contributed by atoms with E-state index in [2.05, 4.69) is 0 Å². The monoisotopic (exact) mass is 393 g/mol. The van der Waals surface area contributed by atoms with E-state index in [1.165, 1.54) is 24.3 Å². The Labute approximate surface area is 159 Å². The Bertz CT molecular complexity index is 894. The molecular weight excluding hydrogens is 378 g/mol. The van der Waals surface area contributed by atoms with Gasteiger partial charge in [0, 0.05) is 0 Å². The van der Waals surface area contributed by atoms with Crippen molar-refractivity contribution in [2.75, 3.05) is 6.61 Å². The second-order valence-corrected chi connectivity index (χ2v) is 6.01. The molecule has 0 spiro atoms. The quantitative estimate of drug-likeness (QED) is 0.384. The lowest BCUT2D eigenvalue weighted by Crippen LogP contribution is -2.09. The highest BCUT2D eigenvalue weighted by molar-refractivity contribution is 6.34. The zero-order valence-corrected chi connectivity index (χ0v) is 15.0. The van der Waals surface area contributed by atoms with Crippen LogP contribution in [0, 0.1) is 10.1 Å². The van der Waals surface area contributed by atoms with Crippen molar-refractivity contribution in [3.05, 3.63) is 56.6 Å². The van der Waals surface area contributed by atoms with Crippen molar-refractivity contribution < 1.29 is 29.5 Å². The number of benzene rings is 2. The van der Waals surface area contributed by atoms with Gasteiger partial charge in [0.05, 0.1) is 27.7 Å². The highest BCUT2D eigenvalue weighted by atomic mass is 35.5. The molecule has 0 bridgehead atoms. The molecule has 9 heteroatoms. The highest BCUT2D eigenvalue weighted by Crippen LogP contribution is 2.45. The summed E-state index contributed by atoms with van der Waals surface area (Å²) in [6, 6.07) is 6.39. The Hall–Kier alpha value is -3.13. The number of halogens is 1. The molecule has 8 nitrogen and oxygen atoms in total. The van der Waals surface area contributed by atoms with Crippen molar-refractivity contribution in [1.29, 1.82) is 0 Å². The number of carbonyl (C=O) groups is 2. The van der Waals surface area contributed by atoms with Gasteiger partial charge < -0.3 is 14.9 Å². The molecule has 2 aromatic rings. The number of aromatic carboxylic acids is 2. The number of nitro benzene ring substituents is 1. The van der Waals surface area contributed by atoms with Crippen LogP contribution < -0.4 is 4.74 Å². The van der Waals surface area contributed by atoms with Crippen LogP contribution in [0.3, 0.4) is 0 Å². The summed E-state index contributed by atoms with van der Waals surface area (Å²) >= 11 is 6.15. The Morgan fingerprint density at radius 1 is 1.19 bits per heavy atom. The number of hydrogen-bond donors (Lipinski definition) is 2. The van der Waals surface area contributed by atoms with E-state index >= 15 is 0 Å². The Morgan fingerprint density at radius 3 is 2.30 bits per heavy atom. The normalized spacial score (nSPS) is 10.4. The summed E-state index contributed by atoms with van der Waals surface area (Å²) in [4.78, 5) is 33.5. The van der Waals surface area contributed by atoms with Gasteiger partial charge in [0.25, 0.3) is 0 Å². The maximum absolute atomic E-state index is 11.7. The topological polar surface area (TPSA) is 127 Å². The van der Waals surface area contributed by atoms with E-state index < -0.39 is 28.1 Å². The fourth-order valence-electron chi connectivity index (χ4n) is 2.47. The van der Waals surface area contributed by atoms with Crippen molar-refractivity contribution in [3.8, 4) is 16.9 Å². The molecule has 0 saturated carbocycles. The number of carboxylic acid groups (broad SMARTS) is 2. The van der Waals surface area contributed by atoms with E-state index in [-0.39, 0.29) is 34.1 Å². The first-order chi connectivity index (χ1) is 12.8. The second-order valence-electron chi connectivity index (χ2n) is 5.61. The van der Waals surface area contributed by atoms with Crippen LogP contribution >= 0.6 is 11.6 Å². The summed E-state index contributed by atoms with van der Waals surface area (Å²) in [6.07, 6.45) is 1.34. The summed E-state index contributed by atoms with van der Waals surface area (Å²) in [7, 11) is 0. The summed E-state index contributed by atoms with van der Waals surface area (Å²) in [5, 5.41) is 30.0. The number of rotatable bonds is 8. The molecule has 2 aromatic carbocycles. The third kappa shape index (κ3) is 4.35. The van der Waals surface area contributed by atoms with Gasteiger partial charge in [-0.2, -0.15) is 0 Å². The van der Waals surface area contributed by atoms with Crippen LogP contribution in [0.25, 0.3) is 11.1 Å². The molecule has 0 amide bonds. The molecule has 0 saturated heterocycles. The summed E-state index contributed by atoms with van der Waals surface area (Å²) in [5.74, 6) is -2.92. The highest BCUT2D eigenvalue weighted by Gasteiger charge is 2.31. The standard InChI is InChI=1S/C18H16ClNO7/c1-2-3-8-27-16-12(18(23)24)9-13(19)14(15(16)20(25)26)10-4-6-11(7-5-10)17(21)22/h4-7,9H,2-3,8H2,1H3,(H,21,22)(H,23,24). The van der Waals surface area contributed by atoms with E-state index in [1.54, 1.807) is 0 Å². The lowest BCUT2D eigenvalue weighted by atomic mass is 9.99. The number of carboxylic acids is 2. The third-order valence-electron chi connectivity index (χ3n) is 3.78. The lowest BCUT2D eigenvalue weighted by molar-refractivity contribution is -0.385. The van der Waals surface area contributed by atoms with E-state index in [4.69, 9.17) is 21.4 Å². The van der Waals surface area contributed by atoms with Gasteiger partial charge in [0.2, 0.25) is 5.75 Å². The van der Waals surface area contributed by atoms with Crippen molar-refractivity contribution >= 4 is 29.2 Å². The molecule has 27 heavy (non-hydrogen) atoms. The predicted octanol–water partition coefficient (Wildman–Crippen LogP) is 4.49. The molecule has 2 N–H and O–H groups in total. The van der Waals surface area contributed by atoms with Gasteiger partial charge in [0.1, 0.15) is 5.56 Å². The molecule has 0 unspecified atom stereocenters. The molecule has 0 aliphatic rings. The molecule has 142 valence electrons. The second kappa shape index (κ2) is 8.50. The average molecular weight is 394 g/mol. The zero-order chi connectivity index (χ0) is 20.1. The van der Waals surface area contributed by atoms with Gasteiger partial charge in [-0.1, -0.05) is 37.1 Å². The molecule has 2 rings (SSSR count). The number of ether oxygens (including phenoxy) is 1. The Morgan fingerprint density at radius 2 is 1.81 bits per heavy atom. The van der Waals surface area contributed by atoms with Crippen LogP contribution in [-0.2, 0) is 0 Å². The van der Waals surface area contributed by atoms with Crippen LogP contribution in [0.1, 0.15) is 40.5 Å². The first kappa shape index (κ1) is 20.2. The van der Waals surface area contributed by atoms with E-state index in [1.807, 2.05) is 6.92 Å². The number of nitro groups is 1. The number of nitrogens with zero attached hydrogens (tertiary/aromatic N) is 1. The van der Waals surface area contributed by atoms with Crippen molar-refractivity contribution in [2.45, 2.75) is 19.8 Å². The fourth-order valence-corrected chi connectivity index (χ4v) is 2.78. The first-order valence-electron chi connectivity index (χ1n) is 7.98. The van der Waals surface area contributed by atoms with Crippen molar-refractivity contribution in [2.24, 2.45) is 0 Å². The molecule has 0 fully saturated rings. The van der Waals surface area contributed by atoms with Crippen LogP contribution in [0.15, 0.2) is 30.3 Å². The minimum atomic E-state index is -1.40. The van der Waals surface area contributed by atoms with E-state index in [9.17, 15) is 24.8 Å². The maximum Gasteiger partial charge on any atom is 0.339 e. The van der Waals surface area contributed by atoms with Crippen LogP contribution in [-0.4, -0.2) is 33.7 Å². The summed E-state index contributed by atoms with van der Waals surface area (Å²) in [5.41, 5.74) is -0.740. The predicted molar refractivity (Wildman–Crippen MR) is 97.9 cm³/mol. The molecule has 0 atom stereocenters. The molecule has 0 aliphatic carbocycles. The van der Waals surface area contributed by atoms with Crippen molar-refractivity contribution in [3.63, 3.8) is 0 Å². The Kier molecular flexibility index (Phi) is 6.36. The third-order valence-corrected chi connectivity index (χ3v) is 4.08. The maximum atomic E-state index is 11.7. The van der Waals surface area contributed by atoms with E-state index in [0.29, 0.717) is 6.42 Å². The molecular formula is C18H16ClNO7. The minimum absolute atomic E-state index is 0.000833. The zero-order valence-electron chi connectivity index (χ0n) is 14.3. The molecule has 0 radical (unpaired) electrons. The van der Waals surface area contributed by atoms with Gasteiger partial charge in [0.15, 0.2) is 0 Å². The molecule has 0 heterocycles. The average Bonchev–Trinajstić information content (AvgIpc) is 2.62. The largest absolute Gasteiger partial charge is 0.486 e. The van der Waals surface area contributed by atoms with E-state index in [0.717, 1.165) is 12.5 Å². The van der Waals surface area contributed by atoms with Gasteiger partial charge in [-0.05, 0) is 30.2 Å². The van der Waals surface area contributed by atoms with Crippen LogP contribution in [0.4, 0.5) is 5.69 Å². The summed E-state index contributed by atoms with van der Waals surface area (Å²) in [6.45, 7) is 2.00. The molecule has 0 aliphatic heterocycles. The SMILES string of the molecule is CCCCOc1c(C(=O)O)cc(Cl)c(-c2ccc(C(=O)O)cc2)c1[N+](=O)[O-]. The lowest BCUT2D eigenvalue weighted by Gasteiger charge is -2.14. The van der Waals surface area contributed by atoms with Crippen LogP contribution in [0.2, 0.25) is 5.02 Å². The first-order valence-corrected chi connectivity index (χ1v) is 8.36. The Balaban J connectivity index is 2.72. The van der Waals surface area contributed by atoms with Gasteiger partial charge >= 0.3 is 17.6 Å². The smallest absolute Gasteiger partial charge is 0.339 e. The number of unbranched alkanes of at least 4 members (excludes halogenated alkanes) is 1. The summed E-state index contributed by atoms with van der Waals surface area (Å²) < 4.78 is 5.44. The van der Waals surface area contributed by atoms with Gasteiger partial charge in [-0.25, -0.2) is 9.59 Å². The molecule has 0 aromatic heterocycles. The van der Waals surface area contributed by atoms with Crippen molar-refractivity contribution in [1.82, 2.24) is 0 Å². The van der Waals surface area contributed by atoms with Gasteiger partial charge in [-0.3, -0.25) is 10.1 Å². The van der Waals surface area contributed by atoms with Crippen LogP contribution in [0.5, 0.6) is 5.75 Å². The fraction of sp³-hybridized carbons (Fsp3) is 0.222. The minimum Gasteiger partial charge on any atom is -0.486 e. The van der Waals surface area contributed by atoms with Gasteiger partial charge in [-0.15, -0.1) is 0 Å².